The summed E-state index contributed by atoms with van der Waals surface area (Å²) < 4.78 is 11.3. The Labute approximate surface area is 208 Å². The monoisotopic (exact) mass is 480 g/mol. The van der Waals surface area contributed by atoms with Crippen molar-refractivity contribution in [3.8, 4) is 5.75 Å². The first-order valence-corrected chi connectivity index (χ1v) is 11.5. The highest BCUT2D eigenvalue weighted by molar-refractivity contribution is 6.46. The Morgan fingerprint density at radius 1 is 1.03 bits per heavy atom. The minimum atomic E-state index is -0.805. The van der Waals surface area contributed by atoms with Gasteiger partial charge in [0, 0.05) is 18.0 Å². The fraction of sp³-hybridized carbons (Fsp3) is 0.138. The zero-order valence-electron chi connectivity index (χ0n) is 19.6. The average molecular weight is 481 g/mol. The van der Waals surface area contributed by atoms with Gasteiger partial charge in [0.05, 0.1) is 24.4 Å². The molecular weight excluding hydrogens is 456 g/mol. The lowest BCUT2D eigenvalue weighted by Crippen LogP contribution is -2.29. The third-order valence-corrected chi connectivity index (χ3v) is 6.23. The van der Waals surface area contributed by atoms with Crippen LogP contribution in [-0.4, -0.2) is 26.7 Å². The topological polar surface area (TPSA) is 92.9 Å². The van der Waals surface area contributed by atoms with Crippen LogP contribution in [0.3, 0.4) is 0 Å². The molecule has 1 atom stereocenters. The van der Waals surface area contributed by atoms with E-state index in [4.69, 9.17) is 9.15 Å². The van der Waals surface area contributed by atoms with E-state index in [9.17, 15) is 14.7 Å². The van der Waals surface area contributed by atoms with Gasteiger partial charge in [-0.15, -0.1) is 0 Å². The van der Waals surface area contributed by atoms with E-state index >= 15 is 0 Å². The zero-order chi connectivity index (χ0) is 25.1. The van der Waals surface area contributed by atoms with Crippen LogP contribution in [-0.2, 0) is 22.7 Å². The quantitative estimate of drug-likeness (QED) is 0.222. The van der Waals surface area contributed by atoms with Crippen molar-refractivity contribution in [2.24, 2.45) is 0 Å². The molecule has 1 N–H and O–H groups in total. The second-order valence-electron chi connectivity index (χ2n) is 8.53. The molecule has 3 heterocycles. The molecule has 1 saturated heterocycles. The van der Waals surface area contributed by atoms with Gasteiger partial charge in [-0.1, -0.05) is 30.3 Å². The van der Waals surface area contributed by atoms with Gasteiger partial charge in [-0.3, -0.25) is 14.6 Å². The van der Waals surface area contributed by atoms with Crippen LogP contribution in [0.1, 0.15) is 34.1 Å². The summed E-state index contributed by atoms with van der Waals surface area (Å²) in [5, 5.41) is 11.2. The van der Waals surface area contributed by atoms with E-state index in [0.29, 0.717) is 29.2 Å². The minimum Gasteiger partial charge on any atom is -0.507 e. The lowest BCUT2D eigenvalue weighted by Gasteiger charge is -2.24. The number of likely N-dealkylation sites (tertiary alicyclic amines) is 1. The fourth-order valence-corrected chi connectivity index (χ4v) is 4.30. The summed E-state index contributed by atoms with van der Waals surface area (Å²) in [6, 6.07) is 20.9. The highest BCUT2D eigenvalue weighted by Gasteiger charge is 2.46. The molecule has 180 valence electrons. The molecule has 0 aliphatic carbocycles. The molecule has 1 aliphatic heterocycles. The molecule has 2 aromatic carbocycles. The van der Waals surface area contributed by atoms with Crippen molar-refractivity contribution < 1.29 is 23.8 Å². The van der Waals surface area contributed by atoms with Gasteiger partial charge < -0.3 is 19.2 Å². The number of carbonyl (C=O) groups excluding carboxylic acids is 2. The van der Waals surface area contributed by atoms with E-state index < -0.39 is 17.7 Å². The van der Waals surface area contributed by atoms with Gasteiger partial charge in [0.25, 0.3) is 11.7 Å². The zero-order valence-corrected chi connectivity index (χ0v) is 19.6. The smallest absolute Gasteiger partial charge is 0.296 e. The maximum Gasteiger partial charge on any atom is 0.296 e. The number of benzene rings is 2. The largest absolute Gasteiger partial charge is 0.507 e. The number of hydrogen-bond donors (Lipinski definition) is 1. The van der Waals surface area contributed by atoms with E-state index in [1.54, 1.807) is 60.9 Å². The molecule has 1 aliphatic rings. The first-order chi connectivity index (χ1) is 17.5. The van der Waals surface area contributed by atoms with E-state index in [-0.39, 0.29) is 17.9 Å². The summed E-state index contributed by atoms with van der Waals surface area (Å²) in [7, 11) is 0. The average Bonchev–Trinajstić information content (AvgIpc) is 3.51. The summed E-state index contributed by atoms with van der Waals surface area (Å²) in [5.74, 6) is -0.569. The molecule has 36 heavy (non-hydrogen) atoms. The maximum absolute atomic E-state index is 13.1. The standard InChI is InChI=1S/C29H24N2O5/c1-19-6-2-3-7-22(19)18-36-23-12-10-20(11-13-23)27(32)25-26(21-8-4-14-30-16-21)31(29(34)28(25)33)17-24-9-5-15-35-24/h2-16,26,32H,17-18H2,1H3/b27-25+/t26-/m1/s1. The van der Waals surface area contributed by atoms with Crippen molar-refractivity contribution in [1.82, 2.24) is 9.88 Å². The molecule has 7 heteroatoms. The molecule has 7 nitrogen and oxygen atoms in total. The van der Waals surface area contributed by atoms with Crippen LogP contribution in [0.15, 0.2) is 101 Å². The predicted molar refractivity (Wildman–Crippen MR) is 133 cm³/mol. The number of hydrogen-bond acceptors (Lipinski definition) is 6. The molecule has 0 unspecified atom stereocenters. The first kappa shape index (κ1) is 23.1. The number of furan rings is 1. The Morgan fingerprint density at radius 2 is 1.83 bits per heavy atom. The van der Waals surface area contributed by atoms with Crippen molar-refractivity contribution >= 4 is 17.4 Å². The van der Waals surface area contributed by atoms with E-state index in [1.807, 2.05) is 31.2 Å². The Bertz CT molecular complexity index is 1410. The number of ether oxygens (including phenoxy) is 1. The maximum atomic E-state index is 13.1. The Kier molecular flexibility index (Phi) is 6.36. The summed E-state index contributed by atoms with van der Waals surface area (Å²) >= 11 is 0. The van der Waals surface area contributed by atoms with Crippen molar-refractivity contribution in [2.45, 2.75) is 26.1 Å². The molecular formula is C29H24N2O5. The van der Waals surface area contributed by atoms with Crippen LogP contribution in [0, 0.1) is 6.92 Å². The molecule has 0 spiro atoms. The Hall–Kier alpha value is -4.65. The highest BCUT2D eigenvalue weighted by Crippen LogP contribution is 2.40. The van der Waals surface area contributed by atoms with Crippen molar-refractivity contribution in [3.63, 3.8) is 0 Å². The SMILES string of the molecule is Cc1ccccc1COc1ccc(/C(O)=C2\C(=O)C(=O)N(Cc3ccco3)[C@@H]2c2cccnc2)cc1. The summed E-state index contributed by atoms with van der Waals surface area (Å²) in [4.78, 5) is 31.7. The number of aliphatic hydroxyl groups excluding tert-OH is 1. The highest BCUT2D eigenvalue weighted by atomic mass is 16.5. The van der Waals surface area contributed by atoms with E-state index in [1.165, 1.54) is 11.2 Å². The van der Waals surface area contributed by atoms with Crippen molar-refractivity contribution in [2.75, 3.05) is 0 Å². The number of amides is 1. The van der Waals surface area contributed by atoms with Crippen LogP contribution < -0.4 is 4.74 Å². The molecule has 0 bridgehead atoms. The molecule has 1 fully saturated rings. The number of aliphatic hydroxyl groups is 1. The predicted octanol–water partition coefficient (Wildman–Crippen LogP) is 5.18. The fourth-order valence-electron chi connectivity index (χ4n) is 4.30. The second kappa shape index (κ2) is 9.92. The van der Waals surface area contributed by atoms with Gasteiger partial charge in [0.15, 0.2) is 0 Å². The van der Waals surface area contributed by atoms with Crippen molar-refractivity contribution in [3.05, 3.63) is 125 Å². The number of aromatic nitrogens is 1. The molecule has 1 amide bonds. The van der Waals surface area contributed by atoms with Gasteiger partial charge in [-0.2, -0.15) is 0 Å². The van der Waals surface area contributed by atoms with Gasteiger partial charge >= 0.3 is 0 Å². The van der Waals surface area contributed by atoms with Crippen LogP contribution in [0.2, 0.25) is 0 Å². The summed E-state index contributed by atoms with van der Waals surface area (Å²) in [5.41, 5.74) is 3.25. The molecule has 0 radical (unpaired) electrons. The third kappa shape index (κ3) is 4.51. The van der Waals surface area contributed by atoms with Gasteiger partial charge in [-0.05, 0) is 66.1 Å². The van der Waals surface area contributed by atoms with Gasteiger partial charge in [0.1, 0.15) is 23.9 Å². The normalized spacial score (nSPS) is 16.9. The Morgan fingerprint density at radius 3 is 2.53 bits per heavy atom. The van der Waals surface area contributed by atoms with E-state index in [2.05, 4.69) is 4.98 Å². The van der Waals surface area contributed by atoms with Crippen LogP contribution in [0.4, 0.5) is 0 Å². The number of Topliss-reactive ketones (excluding diaryl/α,β-unsaturated/α-hetero) is 1. The lowest BCUT2D eigenvalue weighted by atomic mass is 9.96. The van der Waals surface area contributed by atoms with Crippen LogP contribution in [0.25, 0.3) is 5.76 Å². The van der Waals surface area contributed by atoms with E-state index in [0.717, 1.165) is 11.1 Å². The summed E-state index contributed by atoms with van der Waals surface area (Å²) in [6.07, 6.45) is 4.70. The van der Waals surface area contributed by atoms with Crippen LogP contribution >= 0.6 is 0 Å². The second-order valence-corrected chi connectivity index (χ2v) is 8.53. The minimum absolute atomic E-state index is 0.00753. The number of nitrogens with zero attached hydrogens (tertiary/aromatic N) is 2. The summed E-state index contributed by atoms with van der Waals surface area (Å²) in [6.45, 7) is 2.52. The van der Waals surface area contributed by atoms with Gasteiger partial charge in [0.2, 0.25) is 0 Å². The molecule has 5 rings (SSSR count). The number of rotatable bonds is 7. The third-order valence-electron chi connectivity index (χ3n) is 6.23. The molecule has 0 saturated carbocycles. The molecule has 2 aromatic heterocycles. The molecule has 4 aromatic rings. The number of aryl methyl sites for hydroxylation is 1. The first-order valence-electron chi connectivity index (χ1n) is 11.5. The van der Waals surface area contributed by atoms with Gasteiger partial charge in [-0.25, -0.2) is 0 Å². The number of pyridine rings is 1. The number of ketones is 1. The van der Waals surface area contributed by atoms with Crippen LogP contribution in [0.5, 0.6) is 5.75 Å². The van der Waals surface area contributed by atoms with Crippen molar-refractivity contribution in [1.29, 1.82) is 0 Å². The lowest BCUT2D eigenvalue weighted by molar-refractivity contribution is -0.140. The Balaban J connectivity index is 1.46. The number of carbonyl (C=O) groups is 2.